The molecular formula is C35H44F3N5O4S. The zero-order chi connectivity index (χ0) is 35.9. The number of alkyl halides is 3. The summed E-state index contributed by atoms with van der Waals surface area (Å²) in [6, 6.07) is 10.1. The molecule has 2 amide bonds. The lowest BCUT2D eigenvalue weighted by Crippen LogP contribution is -2.61. The van der Waals surface area contributed by atoms with Gasteiger partial charge in [0.05, 0.1) is 22.9 Å². The van der Waals surface area contributed by atoms with E-state index in [-0.39, 0.29) is 35.0 Å². The summed E-state index contributed by atoms with van der Waals surface area (Å²) in [5.41, 5.74) is -2.04. The summed E-state index contributed by atoms with van der Waals surface area (Å²) >= 11 is 5.70. The minimum atomic E-state index is -4.78. The molecule has 2 aliphatic heterocycles. The molecule has 0 N–H and O–H groups in total. The number of anilines is 2. The van der Waals surface area contributed by atoms with E-state index in [2.05, 4.69) is 11.8 Å². The quantitative estimate of drug-likeness (QED) is 0.284. The highest BCUT2D eigenvalue weighted by molar-refractivity contribution is 7.81. The number of carbonyl (C=O) groups excluding carboxylic acids is 2. The average molecular weight is 688 g/mol. The van der Waals surface area contributed by atoms with Gasteiger partial charge in [-0.25, -0.2) is 4.79 Å². The van der Waals surface area contributed by atoms with Gasteiger partial charge in [0.15, 0.2) is 5.11 Å². The summed E-state index contributed by atoms with van der Waals surface area (Å²) in [5.74, 6) is 0.183. The summed E-state index contributed by atoms with van der Waals surface area (Å²) in [4.78, 5) is 33.3. The first kappa shape index (κ1) is 36.9. The van der Waals surface area contributed by atoms with E-state index >= 15 is 0 Å². The maximum absolute atomic E-state index is 13.7. The summed E-state index contributed by atoms with van der Waals surface area (Å²) in [6.07, 6.45) is -4.48. The van der Waals surface area contributed by atoms with Crippen molar-refractivity contribution in [3.63, 3.8) is 0 Å². The molecule has 0 saturated carbocycles. The first-order valence-corrected chi connectivity index (χ1v) is 16.4. The zero-order valence-electron chi connectivity index (χ0n) is 28.9. The second-order valence-electron chi connectivity index (χ2n) is 14.0. The summed E-state index contributed by atoms with van der Waals surface area (Å²) in [5, 5.41) is 9.24. The van der Waals surface area contributed by atoms with Gasteiger partial charge in [-0.1, -0.05) is 6.92 Å². The highest BCUT2D eigenvalue weighted by atomic mass is 32.1. The molecular weight excluding hydrogens is 643 g/mol. The van der Waals surface area contributed by atoms with Crippen LogP contribution in [-0.2, 0) is 22.1 Å². The molecule has 2 heterocycles. The van der Waals surface area contributed by atoms with Crippen molar-refractivity contribution in [2.45, 2.75) is 104 Å². The molecule has 2 fully saturated rings. The molecule has 0 spiro atoms. The lowest BCUT2D eigenvalue weighted by molar-refractivity contribution is -0.137. The van der Waals surface area contributed by atoms with Crippen molar-refractivity contribution in [3.05, 3.63) is 53.1 Å². The highest BCUT2D eigenvalue weighted by Crippen LogP contribution is 2.40. The lowest BCUT2D eigenvalue weighted by Gasteiger charge is -2.46. The van der Waals surface area contributed by atoms with E-state index in [1.807, 2.05) is 53.7 Å². The Hall–Kier alpha value is -3.89. The molecule has 9 nitrogen and oxygen atoms in total. The Balaban J connectivity index is 1.50. The highest BCUT2D eigenvalue weighted by Gasteiger charge is 2.51. The Morgan fingerprint density at radius 2 is 1.69 bits per heavy atom. The fourth-order valence-electron chi connectivity index (χ4n) is 6.30. The van der Waals surface area contributed by atoms with Crippen molar-refractivity contribution in [1.29, 1.82) is 5.26 Å². The Morgan fingerprint density at radius 1 is 1.08 bits per heavy atom. The number of piperazine rings is 1. The number of hydrogen-bond acceptors (Lipinski definition) is 7. The van der Waals surface area contributed by atoms with Crippen LogP contribution in [0, 0.1) is 11.3 Å². The van der Waals surface area contributed by atoms with Crippen molar-refractivity contribution < 1.29 is 32.2 Å². The minimum absolute atomic E-state index is 0.0286. The van der Waals surface area contributed by atoms with Crippen LogP contribution in [-0.4, -0.2) is 75.9 Å². The number of benzene rings is 2. The van der Waals surface area contributed by atoms with E-state index in [4.69, 9.17) is 21.7 Å². The molecule has 0 bridgehead atoms. The molecule has 4 rings (SSSR count). The van der Waals surface area contributed by atoms with Crippen LogP contribution in [0.4, 0.5) is 29.3 Å². The van der Waals surface area contributed by atoms with Gasteiger partial charge < -0.3 is 19.3 Å². The van der Waals surface area contributed by atoms with Gasteiger partial charge in [-0.3, -0.25) is 14.6 Å². The summed E-state index contributed by atoms with van der Waals surface area (Å²) < 4.78 is 53.1. The topological polar surface area (TPSA) is 89.4 Å². The molecule has 3 atom stereocenters. The van der Waals surface area contributed by atoms with Gasteiger partial charge in [-0.15, -0.1) is 0 Å². The molecule has 0 aliphatic carbocycles. The maximum atomic E-state index is 13.7. The van der Waals surface area contributed by atoms with Crippen molar-refractivity contribution in [1.82, 2.24) is 9.80 Å². The Labute approximate surface area is 286 Å². The predicted molar refractivity (Wildman–Crippen MR) is 182 cm³/mol. The van der Waals surface area contributed by atoms with Crippen LogP contribution in [0.1, 0.15) is 79.0 Å². The lowest BCUT2D eigenvalue weighted by atomic mass is 10.0. The normalized spacial score (nSPS) is 20.9. The number of aryl methyl sites for hydroxylation is 1. The van der Waals surface area contributed by atoms with Crippen LogP contribution in [0.2, 0.25) is 0 Å². The fraction of sp³-hybridized carbons (Fsp3) is 0.543. The van der Waals surface area contributed by atoms with E-state index in [1.165, 1.54) is 6.07 Å². The number of hydrogen-bond donors (Lipinski definition) is 0. The molecule has 260 valence electrons. The van der Waals surface area contributed by atoms with E-state index < -0.39 is 34.4 Å². The van der Waals surface area contributed by atoms with Crippen LogP contribution in [0.15, 0.2) is 36.4 Å². The number of rotatable bonds is 7. The molecule has 2 aliphatic rings. The molecule has 0 unspecified atom stereocenters. The van der Waals surface area contributed by atoms with Gasteiger partial charge in [-0.2, -0.15) is 18.4 Å². The van der Waals surface area contributed by atoms with Crippen LogP contribution >= 0.6 is 12.2 Å². The molecule has 2 saturated heterocycles. The van der Waals surface area contributed by atoms with Gasteiger partial charge >= 0.3 is 12.3 Å². The number of carbonyl (C=O) groups is 2. The second-order valence-corrected chi connectivity index (χ2v) is 14.4. The molecule has 13 heteroatoms. The molecule has 2 aromatic carbocycles. The third-order valence-corrected chi connectivity index (χ3v) is 9.06. The molecule has 2 aromatic rings. The largest absolute Gasteiger partial charge is 0.492 e. The SMILES string of the molecule is CCc1cc(N2C(=S)N(c3ccc(C#N)c(C(F)(F)F)c3)C(=O)C2(C)C)ccc1OC[C@H](C)N1C[C@@H](C)N(C(=O)OC(C)(C)C)[C@@H](C)C1. The predicted octanol–water partition coefficient (Wildman–Crippen LogP) is 7.15. The Bertz CT molecular complexity index is 1600. The van der Waals surface area contributed by atoms with E-state index in [0.29, 0.717) is 37.6 Å². The van der Waals surface area contributed by atoms with Crippen molar-refractivity contribution in [2.75, 3.05) is 29.5 Å². The first-order valence-electron chi connectivity index (χ1n) is 16.0. The van der Waals surface area contributed by atoms with Gasteiger partial charge in [-0.05, 0) is 116 Å². The first-order chi connectivity index (χ1) is 22.2. The van der Waals surface area contributed by atoms with Crippen molar-refractivity contribution >= 4 is 40.7 Å². The van der Waals surface area contributed by atoms with Crippen LogP contribution in [0.25, 0.3) is 0 Å². The number of ether oxygens (including phenoxy) is 2. The average Bonchev–Trinajstić information content (AvgIpc) is 3.16. The minimum Gasteiger partial charge on any atom is -0.492 e. The van der Waals surface area contributed by atoms with Crippen molar-refractivity contribution in [3.8, 4) is 11.8 Å². The number of nitrogens with zero attached hydrogens (tertiary/aromatic N) is 5. The van der Waals surface area contributed by atoms with E-state index in [0.717, 1.165) is 22.6 Å². The number of halogens is 3. The fourth-order valence-corrected chi connectivity index (χ4v) is 6.82. The van der Waals surface area contributed by atoms with Crippen LogP contribution < -0.4 is 14.5 Å². The van der Waals surface area contributed by atoms with E-state index in [1.54, 1.807) is 35.8 Å². The molecule has 0 aromatic heterocycles. The third kappa shape index (κ3) is 7.39. The standard InChI is InChI=1S/C35H44F3N5O4S/c1-10-24-15-27(43-31(48)42(30(44)34(43,8)9)26-12-11-25(17-39)28(16-26)35(36,37)38)13-14-29(24)46-20-23(4)40-18-21(2)41(22(3)19-40)32(45)47-33(5,6)7/h11-16,21-23H,10,18-20H2,1-9H3/t21-,22+,23-/m0/s1. The third-order valence-electron chi connectivity index (χ3n) is 8.69. The second kappa shape index (κ2) is 13.6. The van der Waals surface area contributed by atoms with Crippen LogP contribution in [0.3, 0.4) is 0 Å². The Morgan fingerprint density at radius 3 is 2.23 bits per heavy atom. The van der Waals surface area contributed by atoms with E-state index in [9.17, 15) is 28.0 Å². The summed E-state index contributed by atoms with van der Waals surface area (Å²) in [6.45, 7) is 18.7. The van der Waals surface area contributed by atoms with Gasteiger partial charge in [0.1, 0.15) is 23.5 Å². The maximum Gasteiger partial charge on any atom is 0.417 e. The van der Waals surface area contributed by atoms with Crippen molar-refractivity contribution in [2.24, 2.45) is 0 Å². The smallest absolute Gasteiger partial charge is 0.417 e. The van der Waals surface area contributed by atoms with Gasteiger partial charge in [0.25, 0.3) is 5.91 Å². The van der Waals surface area contributed by atoms with Gasteiger partial charge in [0, 0.05) is 36.9 Å². The molecule has 0 radical (unpaired) electrons. The molecule has 48 heavy (non-hydrogen) atoms. The monoisotopic (exact) mass is 687 g/mol. The Kier molecular flexibility index (Phi) is 10.4. The van der Waals surface area contributed by atoms with Crippen LogP contribution in [0.5, 0.6) is 5.75 Å². The van der Waals surface area contributed by atoms with Gasteiger partial charge in [0.2, 0.25) is 0 Å². The number of nitriles is 1. The summed E-state index contributed by atoms with van der Waals surface area (Å²) in [7, 11) is 0. The number of amides is 2. The zero-order valence-corrected chi connectivity index (χ0v) is 29.8. The number of thiocarbonyl (C=S) groups is 1.